The number of hydrogen-bond donors (Lipinski definition) is 1. The topological polar surface area (TPSA) is 76.3 Å². The zero-order chi connectivity index (χ0) is 9.14. The van der Waals surface area contributed by atoms with Crippen LogP contribution in [-0.2, 0) is 6.61 Å². The molecule has 0 saturated carbocycles. The van der Waals surface area contributed by atoms with E-state index in [2.05, 4.69) is 20.9 Å². The van der Waals surface area contributed by atoms with Crippen LogP contribution in [0.25, 0.3) is 0 Å². The number of aromatic nitrogens is 1. The van der Waals surface area contributed by atoms with Gasteiger partial charge in [0.15, 0.2) is 5.69 Å². The van der Waals surface area contributed by atoms with E-state index in [1.807, 2.05) is 0 Å². The van der Waals surface area contributed by atoms with Gasteiger partial charge in [-0.25, -0.2) is 0 Å². The molecule has 1 heterocycles. The largest absolute Gasteiger partial charge is 0.388 e. The van der Waals surface area contributed by atoms with E-state index in [9.17, 15) is 10.1 Å². The molecule has 0 spiro atoms. The molecule has 0 aliphatic rings. The molecular weight excluding hydrogens is 228 g/mol. The third-order valence-corrected chi connectivity index (χ3v) is 1.84. The highest BCUT2D eigenvalue weighted by Crippen LogP contribution is 2.21. The van der Waals surface area contributed by atoms with Crippen LogP contribution < -0.4 is 0 Å². The van der Waals surface area contributed by atoms with Crippen LogP contribution in [0.4, 0.5) is 5.82 Å². The highest BCUT2D eigenvalue weighted by atomic mass is 79.9. The van der Waals surface area contributed by atoms with Gasteiger partial charge in [0.1, 0.15) is 11.1 Å². The Morgan fingerprint density at radius 2 is 2.33 bits per heavy atom. The first-order valence-corrected chi connectivity index (χ1v) is 3.85. The third-order valence-electron chi connectivity index (χ3n) is 1.22. The number of aliphatic hydroxyl groups excluding tert-OH is 1. The van der Waals surface area contributed by atoms with Crippen molar-refractivity contribution >= 4 is 21.7 Å². The van der Waals surface area contributed by atoms with Gasteiger partial charge in [0, 0.05) is 0 Å². The van der Waals surface area contributed by atoms with Crippen LogP contribution in [0.3, 0.4) is 0 Å². The first-order chi connectivity index (χ1) is 5.65. The summed E-state index contributed by atoms with van der Waals surface area (Å²) in [6, 6.07) is 2.99. The molecule has 0 bridgehead atoms. The molecule has 1 aromatic heterocycles. The molecule has 12 heavy (non-hydrogen) atoms. The predicted octanol–water partition coefficient (Wildman–Crippen LogP) is 1.24. The van der Waals surface area contributed by atoms with Crippen LogP contribution in [0.15, 0.2) is 16.6 Å². The van der Waals surface area contributed by atoms with Crippen LogP contribution in [0.2, 0.25) is 0 Å². The standard InChI is InChI=1S/C6H5BrN2O3/c7-5-2-1-4(3-10)8-6(5)9(11)12/h1-2,10H,3H2. The van der Waals surface area contributed by atoms with Gasteiger partial charge in [-0.05, 0) is 38.0 Å². The lowest BCUT2D eigenvalue weighted by atomic mass is 10.3. The average Bonchev–Trinajstić information content (AvgIpc) is 2.05. The average molecular weight is 233 g/mol. The Kier molecular flexibility index (Phi) is 2.72. The second-order valence-corrected chi connectivity index (χ2v) is 2.88. The molecule has 1 rings (SSSR count). The Bertz CT molecular complexity index is 316. The van der Waals surface area contributed by atoms with Gasteiger partial charge in [-0.2, -0.15) is 0 Å². The maximum atomic E-state index is 10.3. The van der Waals surface area contributed by atoms with Crippen molar-refractivity contribution in [3.8, 4) is 0 Å². The number of halogens is 1. The molecular formula is C6H5BrN2O3. The second-order valence-electron chi connectivity index (χ2n) is 2.02. The molecule has 1 N–H and O–H groups in total. The lowest BCUT2D eigenvalue weighted by molar-refractivity contribution is -0.390. The van der Waals surface area contributed by atoms with E-state index < -0.39 is 4.92 Å². The van der Waals surface area contributed by atoms with Crippen LogP contribution >= 0.6 is 15.9 Å². The van der Waals surface area contributed by atoms with Crippen molar-refractivity contribution in [3.63, 3.8) is 0 Å². The number of aliphatic hydroxyl groups is 1. The lowest BCUT2D eigenvalue weighted by Crippen LogP contribution is -1.97. The number of nitro groups is 1. The van der Waals surface area contributed by atoms with E-state index in [1.54, 1.807) is 0 Å². The lowest BCUT2D eigenvalue weighted by Gasteiger charge is -1.95. The molecule has 1 aromatic rings. The van der Waals surface area contributed by atoms with Gasteiger partial charge in [-0.1, -0.05) is 0 Å². The summed E-state index contributed by atoms with van der Waals surface area (Å²) in [6.07, 6.45) is 0. The van der Waals surface area contributed by atoms with Crippen molar-refractivity contribution in [2.45, 2.75) is 6.61 Å². The Morgan fingerprint density at radius 3 is 2.83 bits per heavy atom. The van der Waals surface area contributed by atoms with Gasteiger partial charge < -0.3 is 15.2 Å². The molecule has 0 aliphatic carbocycles. The molecule has 0 atom stereocenters. The van der Waals surface area contributed by atoms with Gasteiger partial charge in [0.25, 0.3) is 0 Å². The molecule has 0 saturated heterocycles. The smallest absolute Gasteiger partial charge is 0.378 e. The number of hydrogen-bond acceptors (Lipinski definition) is 4. The summed E-state index contributed by atoms with van der Waals surface area (Å²) in [5, 5.41) is 19.0. The van der Waals surface area contributed by atoms with Gasteiger partial charge in [-0.3, -0.25) is 0 Å². The van der Waals surface area contributed by atoms with Crippen LogP contribution in [0, 0.1) is 10.1 Å². The summed E-state index contributed by atoms with van der Waals surface area (Å²) >= 11 is 2.97. The first-order valence-electron chi connectivity index (χ1n) is 3.06. The Hall–Kier alpha value is -1.01. The fourth-order valence-electron chi connectivity index (χ4n) is 0.687. The predicted molar refractivity (Wildman–Crippen MR) is 44.5 cm³/mol. The normalized spacial score (nSPS) is 9.83. The summed E-state index contributed by atoms with van der Waals surface area (Å²) in [5.41, 5.74) is 0.282. The Morgan fingerprint density at radius 1 is 1.67 bits per heavy atom. The summed E-state index contributed by atoms with van der Waals surface area (Å²) < 4.78 is 0.310. The van der Waals surface area contributed by atoms with E-state index in [-0.39, 0.29) is 18.1 Å². The third kappa shape index (κ3) is 1.77. The van der Waals surface area contributed by atoms with E-state index in [4.69, 9.17) is 5.11 Å². The van der Waals surface area contributed by atoms with E-state index in [0.29, 0.717) is 4.47 Å². The van der Waals surface area contributed by atoms with Crippen molar-refractivity contribution in [1.29, 1.82) is 0 Å². The van der Waals surface area contributed by atoms with Crippen molar-refractivity contribution in [2.75, 3.05) is 0 Å². The monoisotopic (exact) mass is 232 g/mol. The zero-order valence-electron chi connectivity index (χ0n) is 5.90. The molecule has 6 heteroatoms. The van der Waals surface area contributed by atoms with Crippen LogP contribution in [0.1, 0.15) is 5.69 Å². The van der Waals surface area contributed by atoms with Gasteiger partial charge in [0.05, 0.1) is 0 Å². The number of nitrogens with zero attached hydrogens (tertiary/aromatic N) is 2. The maximum absolute atomic E-state index is 10.3. The molecule has 64 valence electrons. The van der Waals surface area contributed by atoms with Gasteiger partial charge in [-0.15, -0.1) is 0 Å². The minimum atomic E-state index is -0.608. The Labute approximate surface area is 76.3 Å². The highest BCUT2D eigenvalue weighted by Gasteiger charge is 2.14. The maximum Gasteiger partial charge on any atom is 0.378 e. The van der Waals surface area contributed by atoms with E-state index in [1.165, 1.54) is 12.1 Å². The molecule has 0 aliphatic heterocycles. The summed E-state index contributed by atoms with van der Waals surface area (Å²) in [7, 11) is 0. The minimum Gasteiger partial charge on any atom is -0.388 e. The molecule has 0 radical (unpaired) electrons. The molecule has 0 aromatic carbocycles. The summed E-state index contributed by atoms with van der Waals surface area (Å²) in [6.45, 7) is -0.298. The SMILES string of the molecule is O=[N+]([O-])c1nc(CO)ccc1Br. The van der Waals surface area contributed by atoms with Crippen molar-refractivity contribution < 1.29 is 10.0 Å². The fourth-order valence-corrected chi connectivity index (χ4v) is 1.05. The quantitative estimate of drug-likeness (QED) is 0.615. The summed E-state index contributed by atoms with van der Waals surface area (Å²) in [4.78, 5) is 13.3. The van der Waals surface area contributed by atoms with E-state index in [0.717, 1.165) is 0 Å². The molecule has 0 unspecified atom stereocenters. The van der Waals surface area contributed by atoms with Gasteiger partial charge >= 0.3 is 5.82 Å². The van der Waals surface area contributed by atoms with Crippen molar-refractivity contribution in [3.05, 3.63) is 32.4 Å². The molecule has 5 nitrogen and oxygen atoms in total. The first kappa shape index (κ1) is 9.08. The number of rotatable bonds is 2. The van der Waals surface area contributed by atoms with Crippen LogP contribution in [0.5, 0.6) is 0 Å². The highest BCUT2D eigenvalue weighted by molar-refractivity contribution is 9.10. The van der Waals surface area contributed by atoms with Crippen LogP contribution in [-0.4, -0.2) is 15.0 Å². The molecule has 0 amide bonds. The van der Waals surface area contributed by atoms with E-state index >= 15 is 0 Å². The minimum absolute atomic E-state index is 0.276. The second kappa shape index (κ2) is 3.59. The molecule has 0 fully saturated rings. The van der Waals surface area contributed by atoms with Crippen molar-refractivity contribution in [1.82, 2.24) is 4.98 Å². The fraction of sp³-hybridized carbons (Fsp3) is 0.167. The number of pyridine rings is 1. The van der Waals surface area contributed by atoms with Crippen molar-refractivity contribution in [2.24, 2.45) is 0 Å². The zero-order valence-corrected chi connectivity index (χ0v) is 7.48. The summed E-state index contributed by atoms with van der Waals surface area (Å²) in [5.74, 6) is -0.276. The Balaban J connectivity index is 3.17. The van der Waals surface area contributed by atoms with Gasteiger partial charge in [0.2, 0.25) is 0 Å².